The van der Waals surface area contributed by atoms with E-state index in [1.54, 1.807) is 0 Å². The number of amides is 1. The zero-order valence-corrected chi connectivity index (χ0v) is 11.2. The molecule has 0 bridgehead atoms. The quantitative estimate of drug-likeness (QED) is 0.836. The maximum Gasteiger partial charge on any atom is 0.256 e. The number of rotatable bonds is 2. The molecule has 102 valence electrons. The van der Waals surface area contributed by atoms with Crippen LogP contribution in [-0.2, 0) is 4.74 Å². The third kappa shape index (κ3) is 2.58. The molecule has 1 heterocycles. The van der Waals surface area contributed by atoms with Crippen LogP contribution in [0, 0.1) is 0 Å². The summed E-state index contributed by atoms with van der Waals surface area (Å²) in [5, 5.41) is 0. The van der Waals surface area contributed by atoms with Crippen molar-refractivity contribution in [3.8, 4) is 0 Å². The van der Waals surface area contributed by atoms with E-state index in [0.717, 1.165) is 18.5 Å². The van der Waals surface area contributed by atoms with Gasteiger partial charge in [-0.15, -0.1) is 0 Å². The topological polar surface area (TPSA) is 29.5 Å². The van der Waals surface area contributed by atoms with Gasteiger partial charge >= 0.3 is 0 Å². The normalized spacial score (nSPS) is 18.8. The van der Waals surface area contributed by atoms with Gasteiger partial charge in [0.05, 0.1) is 6.61 Å². The smallest absolute Gasteiger partial charge is 0.256 e. The van der Waals surface area contributed by atoms with Gasteiger partial charge in [0.15, 0.2) is 6.23 Å². The van der Waals surface area contributed by atoms with Crippen molar-refractivity contribution in [1.29, 1.82) is 0 Å². The van der Waals surface area contributed by atoms with Crippen LogP contribution in [-0.4, -0.2) is 24.0 Å². The minimum absolute atomic E-state index is 0.0270. The summed E-state index contributed by atoms with van der Waals surface area (Å²) in [6, 6.07) is 19.3. The van der Waals surface area contributed by atoms with Crippen molar-refractivity contribution in [2.75, 3.05) is 13.2 Å². The van der Waals surface area contributed by atoms with Crippen molar-refractivity contribution in [2.24, 2.45) is 0 Å². The summed E-state index contributed by atoms with van der Waals surface area (Å²) in [4.78, 5) is 14.4. The van der Waals surface area contributed by atoms with Gasteiger partial charge in [0.25, 0.3) is 5.91 Å². The lowest BCUT2D eigenvalue weighted by Gasteiger charge is -2.36. The van der Waals surface area contributed by atoms with Gasteiger partial charge in [0.2, 0.25) is 0 Å². The first kappa shape index (κ1) is 12.9. The van der Waals surface area contributed by atoms with Gasteiger partial charge in [-0.05, 0) is 18.6 Å². The maximum absolute atomic E-state index is 12.6. The number of hydrogen-bond donors (Lipinski definition) is 0. The molecule has 1 amide bonds. The van der Waals surface area contributed by atoms with Gasteiger partial charge < -0.3 is 9.64 Å². The number of nitrogens with zero attached hydrogens (tertiary/aromatic N) is 1. The van der Waals surface area contributed by atoms with Crippen LogP contribution in [0.5, 0.6) is 0 Å². The fourth-order valence-corrected chi connectivity index (χ4v) is 2.49. The lowest BCUT2D eigenvalue weighted by Crippen LogP contribution is -2.41. The SMILES string of the molecule is O=C(c1ccccc1)N1CCCO[C@@H]1c1ccccc1. The first-order chi connectivity index (χ1) is 9.86. The van der Waals surface area contributed by atoms with Gasteiger partial charge in [-0.3, -0.25) is 4.79 Å². The van der Waals surface area contributed by atoms with Crippen molar-refractivity contribution < 1.29 is 9.53 Å². The Hall–Kier alpha value is -2.13. The Bertz CT molecular complexity index is 568. The van der Waals surface area contributed by atoms with Gasteiger partial charge in [0, 0.05) is 17.7 Å². The van der Waals surface area contributed by atoms with Crippen LogP contribution < -0.4 is 0 Å². The average molecular weight is 267 g/mol. The Balaban J connectivity index is 1.88. The molecule has 3 rings (SSSR count). The first-order valence-corrected chi connectivity index (χ1v) is 6.89. The summed E-state index contributed by atoms with van der Waals surface area (Å²) in [6.07, 6.45) is 0.597. The van der Waals surface area contributed by atoms with Gasteiger partial charge in [-0.1, -0.05) is 48.5 Å². The predicted octanol–water partition coefficient (Wildman–Crippen LogP) is 3.25. The molecule has 0 spiro atoms. The van der Waals surface area contributed by atoms with E-state index in [9.17, 15) is 4.79 Å². The second kappa shape index (κ2) is 5.88. The molecule has 0 aromatic heterocycles. The van der Waals surface area contributed by atoms with Crippen molar-refractivity contribution in [1.82, 2.24) is 4.90 Å². The molecule has 3 heteroatoms. The van der Waals surface area contributed by atoms with E-state index in [1.807, 2.05) is 65.6 Å². The molecule has 1 fully saturated rings. The molecule has 3 nitrogen and oxygen atoms in total. The molecule has 0 unspecified atom stereocenters. The highest BCUT2D eigenvalue weighted by Crippen LogP contribution is 2.27. The van der Waals surface area contributed by atoms with E-state index in [4.69, 9.17) is 4.74 Å². The molecule has 0 N–H and O–H groups in total. The molecule has 0 saturated carbocycles. The molecule has 1 atom stereocenters. The number of benzene rings is 2. The summed E-state index contributed by atoms with van der Waals surface area (Å²) < 4.78 is 5.82. The van der Waals surface area contributed by atoms with E-state index < -0.39 is 0 Å². The van der Waals surface area contributed by atoms with E-state index in [-0.39, 0.29) is 12.1 Å². The van der Waals surface area contributed by atoms with Crippen LogP contribution in [0.15, 0.2) is 60.7 Å². The number of ether oxygens (including phenoxy) is 1. The Morgan fingerprint density at radius 2 is 1.65 bits per heavy atom. The highest BCUT2D eigenvalue weighted by molar-refractivity contribution is 5.94. The molecular weight excluding hydrogens is 250 g/mol. The summed E-state index contributed by atoms with van der Waals surface area (Å²) >= 11 is 0. The minimum Gasteiger partial charge on any atom is -0.354 e. The molecule has 1 aliphatic heterocycles. The van der Waals surface area contributed by atoms with Crippen molar-refractivity contribution in [3.05, 3.63) is 71.8 Å². The lowest BCUT2D eigenvalue weighted by atomic mass is 10.1. The Labute approximate surface area is 118 Å². The zero-order valence-electron chi connectivity index (χ0n) is 11.2. The molecule has 1 aliphatic rings. The van der Waals surface area contributed by atoms with Crippen molar-refractivity contribution in [2.45, 2.75) is 12.6 Å². The summed E-state index contributed by atoms with van der Waals surface area (Å²) in [7, 11) is 0. The monoisotopic (exact) mass is 267 g/mol. The summed E-state index contributed by atoms with van der Waals surface area (Å²) in [5.41, 5.74) is 1.73. The minimum atomic E-state index is -0.280. The van der Waals surface area contributed by atoms with Gasteiger partial charge in [-0.25, -0.2) is 0 Å². The number of carbonyl (C=O) groups is 1. The maximum atomic E-state index is 12.6. The van der Waals surface area contributed by atoms with Crippen LogP contribution in [0.2, 0.25) is 0 Å². The Morgan fingerprint density at radius 3 is 2.35 bits per heavy atom. The third-order valence-corrected chi connectivity index (χ3v) is 3.47. The molecule has 2 aromatic carbocycles. The largest absolute Gasteiger partial charge is 0.354 e. The standard InChI is InChI=1S/C17H17NO2/c19-16(14-8-3-1-4-9-14)18-12-7-13-20-17(18)15-10-5-2-6-11-15/h1-6,8-11,17H,7,12-13H2/t17-/m1/s1. The van der Waals surface area contributed by atoms with Crippen LogP contribution in [0.4, 0.5) is 0 Å². The summed E-state index contributed by atoms with van der Waals surface area (Å²) in [6.45, 7) is 1.42. The predicted molar refractivity (Wildman–Crippen MR) is 77.2 cm³/mol. The fraction of sp³-hybridized carbons (Fsp3) is 0.235. The van der Waals surface area contributed by atoms with E-state index in [2.05, 4.69) is 0 Å². The average Bonchev–Trinajstić information content (AvgIpc) is 2.56. The molecule has 0 aliphatic carbocycles. The highest BCUT2D eigenvalue weighted by atomic mass is 16.5. The third-order valence-electron chi connectivity index (χ3n) is 3.47. The number of carbonyl (C=O) groups excluding carboxylic acids is 1. The lowest BCUT2D eigenvalue weighted by molar-refractivity contribution is -0.0799. The molecule has 20 heavy (non-hydrogen) atoms. The zero-order chi connectivity index (χ0) is 13.8. The fourth-order valence-electron chi connectivity index (χ4n) is 2.49. The van der Waals surface area contributed by atoms with Crippen LogP contribution >= 0.6 is 0 Å². The van der Waals surface area contributed by atoms with Crippen molar-refractivity contribution >= 4 is 5.91 Å². The Morgan fingerprint density at radius 1 is 1.00 bits per heavy atom. The van der Waals surface area contributed by atoms with Crippen LogP contribution in [0.3, 0.4) is 0 Å². The summed E-state index contributed by atoms with van der Waals surface area (Å²) in [5.74, 6) is 0.0270. The first-order valence-electron chi connectivity index (χ1n) is 6.89. The second-order valence-corrected chi connectivity index (χ2v) is 4.85. The Kier molecular flexibility index (Phi) is 3.79. The number of hydrogen-bond acceptors (Lipinski definition) is 2. The van der Waals surface area contributed by atoms with Gasteiger partial charge in [-0.2, -0.15) is 0 Å². The van der Waals surface area contributed by atoms with Gasteiger partial charge in [0.1, 0.15) is 0 Å². The van der Waals surface area contributed by atoms with E-state index >= 15 is 0 Å². The van der Waals surface area contributed by atoms with Crippen LogP contribution in [0.25, 0.3) is 0 Å². The van der Waals surface area contributed by atoms with E-state index in [0.29, 0.717) is 12.2 Å². The molecular formula is C17H17NO2. The van der Waals surface area contributed by atoms with Crippen molar-refractivity contribution in [3.63, 3.8) is 0 Å². The molecule has 1 saturated heterocycles. The van der Waals surface area contributed by atoms with E-state index in [1.165, 1.54) is 0 Å². The highest BCUT2D eigenvalue weighted by Gasteiger charge is 2.29. The molecule has 2 aromatic rings. The van der Waals surface area contributed by atoms with Crippen LogP contribution in [0.1, 0.15) is 28.6 Å². The molecule has 0 radical (unpaired) electrons. The second-order valence-electron chi connectivity index (χ2n) is 4.85.